The fourth-order valence-corrected chi connectivity index (χ4v) is 9.85. The smallest absolute Gasteiger partial charge is 0.308 e. The summed E-state index contributed by atoms with van der Waals surface area (Å²) in [5, 5.41) is 0. The van der Waals surface area contributed by atoms with E-state index in [4.69, 9.17) is 28.4 Å². The minimum atomic E-state index is -0.438. The molecule has 4 unspecified atom stereocenters. The van der Waals surface area contributed by atoms with Gasteiger partial charge in [0.15, 0.2) is 0 Å². The Morgan fingerprint density at radius 2 is 0.828 bits per heavy atom. The van der Waals surface area contributed by atoms with E-state index in [0.29, 0.717) is 70.7 Å². The lowest BCUT2D eigenvalue weighted by Gasteiger charge is -2.47. The topological polar surface area (TPSA) is 158 Å². The molecule has 58 heavy (non-hydrogen) atoms. The van der Waals surface area contributed by atoms with Crippen molar-refractivity contribution in [2.75, 3.05) is 14.1 Å². The lowest BCUT2D eigenvalue weighted by atomic mass is 9.95. The molecule has 0 N–H and O–H groups in total. The van der Waals surface area contributed by atoms with Crippen LogP contribution in [0, 0.1) is 0 Å². The van der Waals surface area contributed by atoms with E-state index < -0.39 is 35.8 Å². The van der Waals surface area contributed by atoms with Gasteiger partial charge in [0.25, 0.3) is 0 Å². The molecule has 0 spiro atoms. The molecule has 318 valence electrons. The number of rotatable bonds is 13. The van der Waals surface area contributed by atoms with E-state index in [1.807, 2.05) is 0 Å². The second-order valence-corrected chi connectivity index (χ2v) is 16.4. The summed E-state index contributed by atoms with van der Waals surface area (Å²) in [5.74, 6) is -0.951. The molecule has 0 radical (unpaired) electrons. The number of esters is 6. The van der Waals surface area contributed by atoms with Crippen LogP contribution in [0.15, 0.2) is 36.4 Å². The number of hydrogen-bond acceptors (Lipinski definition) is 12. The second kappa shape index (κ2) is 19.5. The first-order chi connectivity index (χ1) is 26.5. The van der Waals surface area contributed by atoms with Crippen molar-refractivity contribution in [1.29, 1.82) is 0 Å². The van der Waals surface area contributed by atoms with E-state index in [-0.39, 0.29) is 83.2 Å². The van der Waals surface area contributed by atoms with E-state index in [9.17, 15) is 28.8 Å². The molecule has 4 bridgehead atoms. The number of benzene rings is 2. The van der Waals surface area contributed by atoms with Gasteiger partial charge in [-0.25, -0.2) is 0 Å². The molecule has 14 nitrogen and oxygen atoms in total. The van der Waals surface area contributed by atoms with Crippen molar-refractivity contribution in [3.05, 3.63) is 47.5 Å². The Hall–Kier alpha value is -3.86. The lowest BCUT2D eigenvalue weighted by Crippen LogP contribution is -3.00. The van der Waals surface area contributed by atoms with Crippen LogP contribution in [0.25, 0.3) is 0 Å². The molecule has 0 aliphatic carbocycles. The Labute approximate surface area is 360 Å². The Morgan fingerprint density at radius 1 is 0.517 bits per heavy atom. The van der Waals surface area contributed by atoms with E-state index >= 15 is 0 Å². The molecule has 0 saturated carbocycles. The Balaban J connectivity index is 0.00000372. The minimum absolute atomic E-state index is 0. The Morgan fingerprint density at radius 3 is 1.12 bits per heavy atom. The van der Waals surface area contributed by atoms with Crippen LogP contribution in [0.4, 0.5) is 0 Å². The average Bonchev–Trinajstić information content (AvgIpc) is 3.33. The van der Waals surface area contributed by atoms with Crippen molar-refractivity contribution in [2.45, 2.75) is 141 Å². The van der Waals surface area contributed by atoms with Crippen LogP contribution in [0.2, 0.25) is 0 Å². The predicted octanol–water partition coefficient (Wildman–Crippen LogP) is -0.757. The van der Waals surface area contributed by atoms with Gasteiger partial charge in [-0.1, -0.05) is 0 Å². The monoisotopic (exact) mass is 936 g/mol. The zero-order chi connectivity index (χ0) is 40.4. The van der Waals surface area contributed by atoms with E-state index in [1.54, 1.807) is 36.4 Å². The maximum absolute atomic E-state index is 13.0. The summed E-state index contributed by atoms with van der Waals surface area (Å²) in [7, 11) is 4.35. The highest BCUT2D eigenvalue weighted by Gasteiger charge is 2.54. The summed E-state index contributed by atoms with van der Waals surface area (Å²) in [6.07, 6.45) is 5.90. The first kappa shape index (κ1) is 46.8. The molecular formula is C42H54Br2N2O12. The molecule has 4 saturated heterocycles. The maximum Gasteiger partial charge on any atom is 0.308 e. The van der Waals surface area contributed by atoms with Crippen molar-refractivity contribution in [3.8, 4) is 23.0 Å². The second-order valence-electron chi connectivity index (χ2n) is 16.4. The average molecular weight is 939 g/mol. The number of hydrogen-bond donors (Lipinski definition) is 0. The van der Waals surface area contributed by atoms with Crippen LogP contribution < -0.4 is 52.9 Å². The molecule has 0 amide bonds. The number of quaternary nitrogens is 2. The molecule has 2 aromatic rings. The normalized spacial score (nSPS) is 27.8. The predicted molar refractivity (Wildman–Crippen MR) is 199 cm³/mol. The van der Waals surface area contributed by atoms with Crippen LogP contribution in [0.3, 0.4) is 0 Å². The molecular weight excluding hydrogens is 884 g/mol. The Bertz CT molecular complexity index is 1730. The van der Waals surface area contributed by atoms with Crippen molar-refractivity contribution in [3.63, 3.8) is 0 Å². The van der Waals surface area contributed by atoms with Gasteiger partial charge in [0.05, 0.1) is 62.2 Å². The van der Waals surface area contributed by atoms with Gasteiger partial charge in [-0.15, -0.1) is 0 Å². The van der Waals surface area contributed by atoms with Gasteiger partial charge in [-0.3, -0.25) is 28.8 Å². The van der Waals surface area contributed by atoms with E-state index in [1.165, 1.54) is 27.7 Å². The molecule has 0 aromatic heterocycles. The number of carbonyl (C=O) groups excluding carboxylic acids is 6. The third-order valence-corrected chi connectivity index (χ3v) is 12.4. The highest BCUT2D eigenvalue weighted by Crippen LogP contribution is 2.46. The van der Waals surface area contributed by atoms with Gasteiger partial charge >= 0.3 is 35.8 Å². The molecule has 4 fully saturated rings. The third kappa shape index (κ3) is 11.0. The molecule has 16 heteroatoms. The van der Waals surface area contributed by atoms with E-state index in [2.05, 4.69) is 14.1 Å². The van der Waals surface area contributed by atoms with Gasteiger partial charge in [-0.2, -0.15) is 0 Å². The summed E-state index contributed by atoms with van der Waals surface area (Å²) in [5.41, 5.74) is 1.53. The van der Waals surface area contributed by atoms with Crippen LogP contribution in [0.5, 0.6) is 23.0 Å². The van der Waals surface area contributed by atoms with Crippen LogP contribution >= 0.6 is 0 Å². The van der Waals surface area contributed by atoms with Crippen molar-refractivity contribution in [1.82, 2.24) is 0 Å². The highest BCUT2D eigenvalue weighted by atomic mass is 79.9. The quantitative estimate of drug-likeness (QED) is 0.141. The summed E-state index contributed by atoms with van der Waals surface area (Å²) >= 11 is 0. The zero-order valence-corrected chi connectivity index (χ0v) is 37.1. The maximum atomic E-state index is 13.0. The largest absolute Gasteiger partial charge is 1.00 e. The highest BCUT2D eigenvalue weighted by molar-refractivity contribution is 5.78. The van der Waals surface area contributed by atoms with Crippen molar-refractivity contribution >= 4 is 35.8 Å². The number of halogens is 2. The number of fused-ring (bicyclic) bond motifs is 4. The Kier molecular flexibility index (Phi) is 15.7. The van der Waals surface area contributed by atoms with Gasteiger partial charge < -0.3 is 71.4 Å². The first-order valence-corrected chi connectivity index (χ1v) is 19.6. The third-order valence-electron chi connectivity index (χ3n) is 12.4. The molecule has 6 rings (SSSR count). The van der Waals surface area contributed by atoms with Crippen molar-refractivity contribution < 1.29 is 100 Å². The van der Waals surface area contributed by atoms with E-state index in [0.717, 1.165) is 36.8 Å². The fraction of sp³-hybridized carbons (Fsp3) is 0.571. The molecule has 4 heterocycles. The number of piperidine rings is 2. The van der Waals surface area contributed by atoms with Gasteiger partial charge in [-0.05, 0) is 36.4 Å². The number of ether oxygens (including phenoxy) is 6. The lowest BCUT2D eigenvalue weighted by molar-refractivity contribution is -0.961. The molecule has 2 aromatic carbocycles. The zero-order valence-electron chi connectivity index (χ0n) is 34.0. The fourth-order valence-electron chi connectivity index (χ4n) is 9.85. The van der Waals surface area contributed by atoms with Gasteiger partial charge in [0.2, 0.25) is 0 Å². The van der Waals surface area contributed by atoms with Crippen LogP contribution in [0.1, 0.15) is 103 Å². The van der Waals surface area contributed by atoms with Crippen LogP contribution in [-0.2, 0) is 51.3 Å². The summed E-state index contributed by atoms with van der Waals surface area (Å²) < 4.78 is 34.9. The standard InChI is InChI=1S/C42H54N2O12.2BrH/c1-25(45)51-35-11-13-39(53-27(3)47)29(17-35)23-43(5)31-7-8-32(43)20-37(19-31)55-41(49)15-16-42(50)56-38-21-33-9-10-34(22-38)44(33,6)24-30-18-36(52-26(2)46)12-14-40(30)54-28(4)48;;/h11-14,17-18,31-34,37-38H,7-10,15-16,19-24H2,1-6H3;2*1H/q+2;;/p-2. The summed E-state index contributed by atoms with van der Waals surface area (Å²) in [4.78, 5) is 73.0. The minimum Gasteiger partial charge on any atom is -1.00 e. The molecule has 4 aliphatic rings. The summed E-state index contributed by atoms with van der Waals surface area (Å²) in [6.45, 7) is 6.48. The van der Waals surface area contributed by atoms with Crippen molar-refractivity contribution in [2.24, 2.45) is 0 Å². The number of carbonyl (C=O) groups is 6. The van der Waals surface area contributed by atoms with Gasteiger partial charge in [0.1, 0.15) is 48.3 Å². The SMILES string of the molecule is CC(=O)Oc1ccc(OC(C)=O)c(C[N+]2(C)C3CCC2CC(OC(=O)CCC(=O)OC2CC4CCC(C2)[N+]4(C)Cc2cc(OC(C)=O)ccc2OC(C)=O)C3)c1.[Br-].[Br-]. The first-order valence-electron chi connectivity index (χ1n) is 19.6. The van der Waals surface area contributed by atoms with Crippen LogP contribution in [-0.4, -0.2) is 95.3 Å². The molecule has 4 aliphatic heterocycles. The van der Waals surface area contributed by atoms with Gasteiger partial charge in [0, 0.05) is 79.1 Å². The number of nitrogens with zero attached hydrogens (tertiary/aromatic N) is 2. The molecule has 4 atom stereocenters. The summed E-state index contributed by atoms with van der Waals surface area (Å²) in [6, 6.07) is 10.8.